The lowest BCUT2D eigenvalue weighted by atomic mass is 10.1. The molecule has 0 heterocycles. The smallest absolute Gasteiger partial charge is 0.335 e. The summed E-state index contributed by atoms with van der Waals surface area (Å²) in [5.74, 6) is -2.04. The van der Waals surface area contributed by atoms with Crippen LogP contribution < -0.4 is 10.1 Å². The topological polar surface area (TPSA) is 75.6 Å². The Labute approximate surface area is 123 Å². The molecule has 0 saturated carbocycles. The van der Waals surface area contributed by atoms with Crippen molar-refractivity contribution in [3.8, 4) is 5.75 Å². The molecule has 1 rings (SSSR count). The number of aromatic carboxylic acids is 1. The zero-order chi connectivity index (χ0) is 16.0. The van der Waals surface area contributed by atoms with Gasteiger partial charge in [-0.15, -0.1) is 0 Å². The van der Waals surface area contributed by atoms with Crippen molar-refractivity contribution in [2.75, 3.05) is 6.54 Å². The first-order chi connectivity index (χ1) is 9.81. The van der Waals surface area contributed by atoms with Crippen LogP contribution in [-0.4, -0.2) is 29.6 Å². The van der Waals surface area contributed by atoms with Gasteiger partial charge in [0.25, 0.3) is 5.91 Å². The molecule has 0 fully saturated rings. The van der Waals surface area contributed by atoms with Crippen LogP contribution in [0.5, 0.6) is 5.75 Å². The zero-order valence-electron chi connectivity index (χ0n) is 12.4. The van der Waals surface area contributed by atoms with Gasteiger partial charge in [-0.1, -0.05) is 13.8 Å². The van der Waals surface area contributed by atoms with Crippen LogP contribution in [0.4, 0.5) is 4.39 Å². The third-order valence-electron chi connectivity index (χ3n) is 2.87. The highest BCUT2D eigenvalue weighted by Crippen LogP contribution is 2.19. The average Bonchev–Trinajstić information content (AvgIpc) is 2.40. The molecule has 0 aliphatic heterocycles. The van der Waals surface area contributed by atoms with E-state index in [1.54, 1.807) is 0 Å². The average molecular weight is 297 g/mol. The molecule has 0 aliphatic carbocycles. The lowest BCUT2D eigenvalue weighted by Crippen LogP contribution is -2.37. The maximum atomic E-state index is 13.7. The van der Waals surface area contributed by atoms with Crippen molar-refractivity contribution >= 4 is 11.9 Å². The van der Waals surface area contributed by atoms with Crippen molar-refractivity contribution in [2.24, 2.45) is 5.92 Å². The summed E-state index contributed by atoms with van der Waals surface area (Å²) in [6, 6.07) is 3.29. The summed E-state index contributed by atoms with van der Waals surface area (Å²) in [5, 5.41) is 11.4. The van der Waals surface area contributed by atoms with Crippen molar-refractivity contribution in [1.82, 2.24) is 5.32 Å². The third-order valence-corrected chi connectivity index (χ3v) is 2.87. The van der Waals surface area contributed by atoms with E-state index in [1.807, 2.05) is 13.8 Å². The Morgan fingerprint density at radius 2 is 2.00 bits per heavy atom. The van der Waals surface area contributed by atoms with Gasteiger partial charge in [0.1, 0.15) is 0 Å². The molecule has 0 spiro atoms. The number of nitrogens with one attached hydrogen (secondary N) is 1. The summed E-state index contributed by atoms with van der Waals surface area (Å²) in [6.45, 7) is 6.14. The SMILES string of the molecule is CC(C)CCNC(=O)C(C)Oc1ccc(C(=O)O)cc1F. The van der Waals surface area contributed by atoms with Gasteiger partial charge in [0, 0.05) is 6.54 Å². The summed E-state index contributed by atoms with van der Waals surface area (Å²) in [4.78, 5) is 22.5. The number of carbonyl (C=O) groups is 2. The quantitative estimate of drug-likeness (QED) is 0.810. The van der Waals surface area contributed by atoms with Gasteiger partial charge in [0.05, 0.1) is 5.56 Å². The fourth-order valence-corrected chi connectivity index (χ4v) is 1.60. The highest BCUT2D eigenvalue weighted by Gasteiger charge is 2.17. The van der Waals surface area contributed by atoms with Gasteiger partial charge in [0.2, 0.25) is 0 Å². The van der Waals surface area contributed by atoms with Crippen molar-refractivity contribution in [3.05, 3.63) is 29.6 Å². The first-order valence-corrected chi connectivity index (χ1v) is 6.78. The predicted molar refractivity (Wildman–Crippen MR) is 75.9 cm³/mol. The van der Waals surface area contributed by atoms with Gasteiger partial charge in [-0.2, -0.15) is 0 Å². The third kappa shape index (κ3) is 5.41. The minimum atomic E-state index is -1.22. The summed E-state index contributed by atoms with van der Waals surface area (Å²) < 4.78 is 18.9. The Hall–Kier alpha value is -2.11. The first kappa shape index (κ1) is 16.9. The fraction of sp³-hybridized carbons (Fsp3) is 0.467. The van der Waals surface area contributed by atoms with Gasteiger partial charge in [-0.05, 0) is 37.5 Å². The monoisotopic (exact) mass is 297 g/mol. The second kappa shape index (κ2) is 7.61. The normalized spacial score (nSPS) is 12.0. The van der Waals surface area contributed by atoms with E-state index in [0.717, 1.165) is 12.5 Å². The van der Waals surface area contributed by atoms with E-state index in [-0.39, 0.29) is 17.2 Å². The number of carbonyl (C=O) groups excluding carboxylic acids is 1. The minimum Gasteiger partial charge on any atom is -0.478 e. The van der Waals surface area contributed by atoms with Crippen LogP contribution in [0.2, 0.25) is 0 Å². The highest BCUT2D eigenvalue weighted by atomic mass is 19.1. The minimum absolute atomic E-state index is 0.147. The molecule has 1 aromatic rings. The molecule has 21 heavy (non-hydrogen) atoms. The van der Waals surface area contributed by atoms with Crippen LogP contribution in [0.3, 0.4) is 0 Å². The molecule has 6 heteroatoms. The molecule has 1 amide bonds. The zero-order valence-corrected chi connectivity index (χ0v) is 12.4. The van der Waals surface area contributed by atoms with Crippen LogP contribution in [0.1, 0.15) is 37.6 Å². The van der Waals surface area contributed by atoms with Crippen molar-refractivity contribution in [2.45, 2.75) is 33.3 Å². The summed E-state index contributed by atoms with van der Waals surface area (Å²) in [7, 11) is 0. The molecule has 1 atom stereocenters. The maximum absolute atomic E-state index is 13.7. The highest BCUT2D eigenvalue weighted by molar-refractivity contribution is 5.87. The van der Waals surface area contributed by atoms with Crippen molar-refractivity contribution in [1.29, 1.82) is 0 Å². The van der Waals surface area contributed by atoms with E-state index in [2.05, 4.69) is 5.32 Å². The van der Waals surface area contributed by atoms with Gasteiger partial charge in [-0.25, -0.2) is 9.18 Å². The second-order valence-corrected chi connectivity index (χ2v) is 5.18. The fourth-order valence-electron chi connectivity index (χ4n) is 1.60. The molecule has 5 nitrogen and oxygen atoms in total. The van der Waals surface area contributed by atoms with E-state index in [1.165, 1.54) is 19.1 Å². The number of ether oxygens (including phenoxy) is 1. The van der Waals surface area contributed by atoms with Crippen LogP contribution in [0.25, 0.3) is 0 Å². The standard InChI is InChI=1S/C15H20FNO4/c1-9(2)6-7-17-14(18)10(3)21-13-5-4-11(15(19)20)8-12(13)16/h4-5,8-10H,6-7H2,1-3H3,(H,17,18)(H,19,20). The number of amides is 1. The second-order valence-electron chi connectivity index (χ2n) is 5.18. The summed E-state index contributed by atoms with van der Waals surface area (Å²) >= 11 is 0. The van der Waals surface area contributed by atoms with E-state index < -0.39 is 17.9 Å². The maximum Gasteiger partial charge on any atom is 0.335 e. The van der Waals surface area contributed by atoms with E-state index >= 15 is 0 Å². The molecular formula is C15H20FNO4. The Morgan fingerprint density at radius 1 is 1.33 bits per heavy atom. The molecule has 2 N–H and O–H groups in total. The van der Waals surface area contributed by atoms with Gasteiger partial charge < -0.3 is 15.2 Å². The van der Waals surface area contributed by atoms with Crippen LogP contribution in [0, 0.1) is 11.7 Å². The molecule has 0 radical (unpaired) electrons. The van der Waals surface area contributed by atoms with E-state index in [4.69, 9.17) is 9.84 Å². The number of rotatable bonds is 7. The molecule has 0 saturated heterocycles. The number of benzene rings is 1. The lowest BCUT2D eigenvalue weighted by molar-refractivity contribution is -0.127. The number of hydrogen-bond donors (Lipinski definition) is 2. The Morgan fingerprint density at radius 3 is 2.52 bits per heavy atom. The number of halogens is 1. The van der Waals surface area contributed by atoms with Crippen LogP contribution in [0.15, 0.2) is 18.2 Å². The molecular weight excluding hydrogens is 277 g/mol. The Balaban J connectivity index is 2.60. The van der Waals surface area contributed by atoms with E-state index in [0.29, 0.717) is 12.5 Å². The van der Waals surface area contributed by atoms with Crippen LogP contribution in [-0.2, 0) is 4.79 Å². The molecule has 0 aliphatic rings. The van der Waals surface area contributed by atoms with Gasteiger partial charge >= 0.3 is 5.97 Å². The lowest BCUT2D eigenvalue weighted by Gasteiger charge is -2.15. The molecule has 0 aromatic heterocycles. The van der Waals surface area contributed by atoms with Gasteiger partial charge in [-0.3, -0.25) is 4.79 Å². The summed E-state index contributed by atoms with van der Waals surface area (Å²) in [5.41, 5.74) is -0.172. The molecule has 116 valence electrons. The molecule has 1 unspecified atom stereocenters. The first-order valence-electron chi connectivity index (χ1n) is 6.78. The van der Waals surface area contributed by atoms with Crippen molar-refractivity contribution < 1.29 is 23.8 Å². The molecule has 0 bridgehead atoms. The number of carboxylic acids is 1. The Kier molecular flexibility index (Phi) is 6.14. The largest absolute Gasteiger partial charge is 0.478 e. The Bertz CT molecular complexity index is 516. The van der Waals surface area contributed by atoms with E-state index in [9.17, 15) is 14.0 Å². The predicted octanol–water partition coefficient (Wildman–Crippen LogP) is 2.45. The van der Waals surface area contributed by atoms with Gasteiger partial charge in [0.15, 0.2) is 17.7 Å². The summed E-state index contributed by atoms with van der Waals surface area (Å²) in [6.07, 6.45) is -0.0116. The van der Waals surface area contributed by atoms with Crippen LogP contribution >= 0.6 is 0 Å². The number of hydrogen-bond acceptors (Lipinski definition) is 3. The van der Waals surface area contributed by atoms with Crippen molar-refractivity contribution in [3.63, 3.8) is 0 Å². The molecule has 1 aromatic carbocycles. The number of carboxylic acid groups (broad SMARTS) is 1.